The van der Waals surface area contributed by atoms with Gasteiger partial charge in [-0.25, -0.2) is 0 Å². The number of hydrogen-bond donors (Lipinski definition) is 0. The normalized spacial score (nSPS) is 20.7. The van der Waals surface area contributed by atoms with E-state index in [2.05, 4.69) is 18.9 Å². The highest BCUT2D eigenvalue weighted by Gasteiger charge is 2.25. The molecule has 70 valence electrons. The Hall–Kier alpha value is -0.370. The summed E-state index contributed by atoms with van der Waals surface area (Å²) in [4.78, 5) is 13.2. The van der Waals surface area contributed by atoms with E-state index in [4.69, 9.17) is 0 Å². The summed E-state index contributed by atoms with van der Waals surface area (Å²) in [5, 5.41) is 0. The molecule has 0 radical (unpaired) electrons. The zero-order valence-electron chi connectivity index (χ0n) is 8.34. The minimum atomic E-state index is 0.300. The molecule has 0 amide bonds. The minimum absolute atomic E-state index is 0.300. The highest BCUT2D eigenvalue weighted by Crippen LogP contribution is 2.25. The predicted octanol–water partition coefficient (Wildman–Crippen LogP) is 1.84. The van der Waals surface area contributed by atoms with Crippen LogP contribution >= 0.6 is 0 Å². The van der Waals surface area contributed by atoms with Gasteiger partial charge in [0.1, 0.15) is 5.78 Å². The molecule has 0 aliphatic heterocycles. The first-order valence-electron chi connectivity index (χ1n) is 4.82. The molecule has 1 fully saturated rings. The smallest absolute Gasteiger partial charge is 0.131 e. The van der Waals surface area contributed by atoms with Crippen molar-refractivity contribution in [3.8, 4) is 0 Å². The van der Waals surface area contributed by atoms with Crippen LogP contribution in [0.25, 0.3) is 0 Å². The van der Waals surface area contributed by atoms with E-state index in [0.717, 1.165) is 6.04 Å². The van der Waals surface area contributed by atoms with Gasteiger partial charge in [-0.3, -0.25) is 4.79 Å². The summed E-state index contributed by atoms with van der Waals surface area (Å²) in [5.74, 6) is 0.300. The number of ketones is 1. The van der Waals surface area contributed by atoms with Gasteiger partial charge in [0.05, 0.1) is 0 Å². The molecule has 0 aromatic carbocycles. The molecule has 12 heavy (non-hydrogen) atoms. The van der Waals surface area contributed by atoms with Crippen LogP contribution in [0, 0.1) is 0 Å². The monoisotopic (exact) mass is 169 g/mol. The molecule has 1 aliphatic carbocycles. The van der Waals surface area contributed by atoms with Crippen molar-refractivity contribution in [2.75, 3.05) is 7.05 Å². The highest BCUT2D eigenvalue weighted by atomic mass is 16.1. The van der Waals surface area contributed by atoms with E-state index in [0.29, 0.717) is 18.2 Å². The molecule has 2 heteroatoms. The van der Waals surface area contributed by atoms with Gasteiger partial charge in [-0.2, -0.15) is 0 Å². The third kappa shape index (κ3) is 2.31. The molecular formula is C10H19NO. The molecule has 1 atom stereocenters. The fourth-order valence-electron chi connectivity index (χ4n) is 1.71. The molecule has 1 rings (SSSR count). The van der Waals surface area contributed by atoms with Crippen LogP contribution in [0.15, 0.2) is 0 Å². The summed E-state index contributed by atoms with van der Waals surface area (Å²) < 4.78 is 0. The zero-order chi connectivity index (χ0) is 9.14. The lowest BCUT2D eigenvalue weighted by Crippen LogP contribution is -2.43. The Labute approximate surface area is 74.9 Å². The van der Waals surface area contributed by atoms with Crippen molar-refractivity contribution in [3.05, 3.63) is 0 Å². The average Bonchev–Trinajstić information content (AvgIpc) is 1.81. The quantitative estimate of drug-likeness (QED) is 0.640. The van der Waals surface area contributed by atoms with E-state index < -0.39 is 0 Å². The van der Waals surface area contributed by atoms with Crippen LogP contribution in [0.3, 0.4) is 0 Å². The van der Waals surface area contributed by atoms with Gasteiger partial charge in [0.15, 0.2) is 0 Å². The lowest BCUT2D eigenvalue weighted by atomic mass is 9.90. The topological polar surface area (TPSA) is 20.3 Å². The summed E-state index contributed by atoms with van der Waals surface area (Å²) >= 11 is 0. The van der Waals surface area contributed by atoms with E-state index >= 15 is 0 Å². The molecule has 0 N–H and O–H groups in total. The standard InChI is InChI=1S/C10H19NO/c1-8(7-9(2)12)11(3)10-5-4-6-10/h8,10H,4-7H2,1-3H3. The Kier molecular flexibility index (Phi) is 3.27. The van der Waals surface area contributed by atoms with E-state index in [1.165, 1.54) is 19.3 Å². The second-order valence-corrected chi connectivity index (χ2v) is 4.01. The Balaban J connectivity index is 2.29. The van der Waals surface area contributed by atoms with Crippen molar-refractivity contribution in [2.24, 2.45) is 0 Å². The van der Waals surface area contributed by atoms with Crippen LogP contribution in [-0.4, -0.2) is 29.8 Å². The van der Waals surface area contributed by atoms with Gasteiger partial charge in [-0.15, -0.1) is 0 Å². The summed E-state index contributed by atoms with van der Waals surface area (Å²) in [6, 6.07) is 1.17. The molecule has 0 heterocycles. The lowest BCUT2D eigenvalue weighted by Gasteiger charge is -2.38. The van der Waals surface area contributed by atoms with Crippen molar-refractivity contribution in [2.45, 2.75) is 51.6 Å². The SMILES string of the molecule is CC(=O)CC(C)N(C)C1CCC1. The number of nitrogens with zero attached hydrogens (tertiary/aromatic N) is 1. The molecule has 0 aromatic heterocycles. The van der Waals surface area contributed by atoms with Crippen molar-refractivity contribution < 1.29 is 4.79 Å². The number of carbonyl (C=O) groups excluding carboxylic acids is 1. The second-order valence-electron chi connectivity index (χ2n) is 4.01. The fourth-order valence-corrected chi connectivity index (χ4v) is 1.71. The Morgan fingerprint density at radius 3 is 2.50 bits per heavy atom. The maximum absolute atomic E-state index is 10.9. The van der Waals surface area contributed by atoms with Crippen molar-refractivity contribution in [1.82, 2.24) is 4.90 Å². The molecule has 0 bridgehead atoms. The number of carbonyl (C=O) groups is 1. The molecule has 1 unspecified atom stereocenters. The third-order valence-corrected chi connectivity index (χ3v) is 2.93. The molecular weight excluding hydrogens is 150 g/mol. The fraction of sp³-hybridized carbons (Fsp3) is 0.900. The van der Waals surface area contributed by atoms with Gasteiger partial charge in [0.2, 0.25) is 0 Å². The van der Waals surface area contributed by atoms with E-state index in [1.807, 2.05) is 0 Å². The predicted molar refractivity (Wildman–Crippen MR) is 50.2 cm³/mol. The van der Waals surface area contributed by atoms with Crippen molar-refractivity contribution in [1.29, 1.82) is 0 Å². The van der Waals surface area contributed by atoms with Crippen LogP contribution in [0.5, 0.6) is 0 Å². The van der Waals surface area contributed by atoms with Gasteiger partial charge < -0.3 is 4.90 Å². The number of rotatable bonds is 4. The Bertz CT molecular complexity index is 163. The first-order valence-corrected chi connectivity index (χ1v) is 4.82. The molecule has 1 aliphatic rings. The highest BCUT2D eigenvalue weighted by molar-refractivity contribution is 5.76. The van der Waals surface area contributed by atoms with Crippen molar-refractivity contribution >= 4 is 5.78 Å². The van der Waals surface area contributed by atoms with Gasteiger partial charge in [0, 0.05) is 18.5 Å². The van der Waals surface area contributed by atoms with Crippen LogP contribution < -0.4 is 0 Å². The van der Waals surface area contributed by atoms with Gasteiger partial charge >= 0.3 is 0 Å². The van der Waals surface area contributed by atoms with Crippen LogP contribution in [0.2, 0.25) is 0 Å². The average molecular weight is 169 g/mol. The Morgan fingerprint density at radius 2 is 2.17 bits per heavy atom. The zero-order valence-corrected chi connectivity index (χ0v) is 8.34. The molecule has 1 saturated carbocycles. The Morgan fingerprint density at radius 1 is 1.58 bits per heavy atom. The minimum Gasteiger partial charge on any atom is -0.300 e. The molecule has 2 nitrogen and oxygen atoms in total. The van der Waals surface area contributed by atoms with E-state index in [9.17, 15) is 4.79 Å². The summed E-state index contributed by atoms with van der Waals surface area (Å²) in [6.07, 6.45) is 4.70. The maximum Gasteiger partial charge on any atom is 0.131 e. The van der Waals surface area contributed by atoms with Crippen LogP contribution in [-0.2, 0) is 4.79 Å². The van der Waals surface area contributed by atoms with E-state index in [-0.39, 0.29) is 0 Å². The van der Waals surface area contributed by atoms with Crippen LogP contribution in [0.4, 0.5) is 0 Å². The van der Waals surface area contributed by atoms with Gasteiger partial charge in [-0.05, 0) is 33.7 Å². The summed E-state index contributed by atoms with van der Waals surface area (Å²) in [5.41, 5.74) is 0. The van der Waals surface area contributed by atoms with Gasteiger partial charge in [-0.1, -0.05) is 6.42 Å². The summed E-state index contributed by atoms with van der Waals surface area (Å²) in [7, 11) is 2.14. The third-order valence-electron chi connectivity index (χ3n) is 2.93. The number of Topliss-reactive ketones (excluding diaryl/α,β-unsaturated/α-hetero) is 1. The van der Waals surface area contributed by atoms with Crippen LogP contribution in [0.1, 0.15) is 39.5 Å². The second kappa shape index (κ2) is 4.04. The molecule has 0 spiro atoms. The number of hydrogen-bond acceptors (Lipinski definition) is 2. The first-order chi connectivity index (χ1) is 5.61. The maximum atomic E-state index is 10.9. The summed E-state index contributed by atoms with van der Waals surface area (Å²) in [6.45, 7) is 3.81. The molecule has 0 saturated heterocycles. The molecule has 0 aromatic rings. The van der Waals surface area contributed by atoms with Gasteiger partial charge in [0.25, 0.3) is 0 Å². The first kappa shape index (κ1) is 9.72. The van der Waals surface area contributed by atoms with E-state index in [1.54, 1.807) is 6.92 Å². The largest absolute Gasteiger partial charge is 0.300 e. The van der Waals surface area contributed by atoms with Crippen molar-refractivity contribution in [3.63, 3.8) is 0 Å². The lowest BCUT2D eigenvalue weighted by molar-refractivity contribution is -0.118.